The maximum atomic E-state index is 13.0. The SMILES string of the molecule is CCOc1ccc(C2C(=C(O)c3cccc(OC)c3)C(=O)C(=O)N2CCN(C)C)cc1. The molecule has 7 nitrogen and oxygen atoms in total. The third-order valence-electron chi connectivity index (χ3n) is 5.18. The van der Waals surface area contributed by atoms with Crippen molar-refractivity contribution in [3.63, 3.8) is 0 Å². The number of nitrogens with zero attached hydrogens (tertiary/aromatic N) is 2. The smallest absolute Gasteiger partial charge is 0.295 e. The Balaban J connectivity index is 2.11. The lowest BCUT2D eigenvalue weighted by Crippen LogP contribution is -2.35. The van der Waals surface area contributed by atoms with Gasteiger partial charge in [0, 0.05) is 18.7 Å². The Bertz CT molecular complexity index is 982. The van der Waals surface area contributed by atoms with Crippen molar-refractivity contribution in [1.29, 1.82) is 0 Å². The molecule has 1 heterocycles. The van der Waals surface area contributed by atoms with Crippen LogP contribution in [0.1, 0.15) is 24.1 Å². The number of benzene rings is 2. The molecule has 1 atom stereocenters. The summed E-state index contributed by atoms with van der Waals surface area (Å²) in [6.45, 7) is 3.37. The van der Waals surface area contributed by atoms with E-state index < -0.39 is 17.7 Å². The Morgan fingerprint density at radius 1 is 1.10 bits per heavy atom. The minimum atomic E-state index is -0.696. The number of carbonyl (C=O) groups is 2. The Kier molecular flexibility index (Phi) is 6.97. The summed E-state index contributed by atoms with van der Waals surface area (Å²) in [7, 11) is 5.33. The van der Waals surface area contributed by atoms with E-state index in [4.69, 9.17) is 9.47 Å². The third kappa shape index (κ3) is 4.72. The van der Waals surface area contributed by atoms with Gasteiger partial charge >= 0.3 is 0 Å². The van der Waals surface area contributed by atoms with Gasteiger partial charge in [-0.2, -0.15) is 0 Å². The number of aliphatic hydroxyl groups excluding tert-OH is 1. The minimum Gasteiger partial charge on any atom is -0.507 e. The maximum absolute atomic E-state index is 13.0. The molecule has 2 aromatic carbocycles. The molecule has 1 saturated heterocycles. The number of carbonyl (C=O) groups excluding carboxylic acids is 2. The second-order valence-electron chi connectivity index (χ2n) is 7.53. The summed E-state index contributed by atoms with van der Waals surface area (Å²) in [5.41, 5.74) is 1.22. The molecular formula is C24H28N2O5. The molecule has 1 N–H and O–H groups in total. The molecule has 0 spiro atoms. The minimum absolute atomic E-state index is 0.0705. The first-order valence-electron chi connectivity index (χ1n) is 10.2. The maximum Gasteiger partial charge on any atom is 0.295 e. The number of rotatable bonds is 8. The Morgan fingerprint density at radius 3 is 2.42 bits per heavy atom. The first kappa shape index (κ1) is 22.4. The molecule has 2 aromatic rings. The van der Waals surface area contributed by atoms with Crippen molar-refractivity contribution in [2.24, 2.45) is 0 Å². The number of ketones is 1. The molecule has 164 valence electrons. The molecule has 0 aliphatic carbocycles. The van der Waals surface area contributed by atoms with Crippen LogP contribution >= 0.6 is 0 Å². The van der Waals surface area contributed by atoms with Crippen LogP contribution < -0.4 is 9.47 Å². The van der Waals surface area contributed by atoms with Gasteiger partial charge in [0.1, 0.15) is 17.3 Å². The molecule has 1 amide bonds. The van der Waals surface area contributed by atoms with Crippen LogP contribution in [0.25, 0.3) is 5.76 Å². The van der Waals surface area contributed by atoms with E-state index in [-0.39, 0.29) is 11.3 Å². The summed E-state index contributed by atoms with van der Waals surface area (Å²) in [5.74, 6) is -0.292. The highest BCUT2D eigenvalue weighted by atomic mass is 16.5. The number of likely N-dealkylation sites (tertiary alicyclic amines) is 1. The Labute approximate surface area is 182 Å². The molecule has 1 aliphatic heterocycles. The van der Waals surface area contributed by atoms with E-state index in [1.165, 1.54) is 12.0 Å². The quantitative estimate of drug-likeness (QED) is 0.399. The lowest BCUT2D eigenvalue weighted by molar-refractivity contribution is -0.140. The van der Waals surface area contributed by atoms with E-state index in [1.54, 1.807) is 36.4 Å². The van der Waals surface area contributed by atoms with Gasteiger partial charge in [0.25, 0.3) is 11.7 Å². The van der Waals surface area contributed by atoms with Gasteiger partial charge in [-0.25, -0.2) is 0 Å². The van der Waals surface area contributed by atoms with Gasteiger partial charge in [-0.05, 0) is 50.8 Å². The normalized spacial score (nSPS) is 18.0. The van der Waals surface area contributed by atoms with E-state index in [0.717, 1.165) is 5.56 Å². The zero-order valence-electron chi connectivity index (χ0n) is 18.3. The van der Waals surface area contributed by atoms with Crippen molar-refractivity contribution in [3.05, 3.63) is 65.2 Å². The average Bonchev–Trinajstić information content (AvgIpc) is 3.02. The second-order valence-corrected chi connectivity index (χ2v) is 7.53. The van der Waals surface area contributed by atoms with Crippen molar-refractivity contribution in [2.45, 2.75) is 13.0 Å². The molecule has 0 saturated carbocycles. The monoisotopic (exact) mass is 424 g/mol. The summed E-state index contributed by atoms with van der Waals surface area (Å²) in [6, 6.07) is 13.3. The molecule has 3 rings (SSSR count). The fraction of sp³-hybridized carbons (Fsp3) is 0.333. The van der Waals surface area contributed by atoms with E-state index in [1.807, 2.05) is 38.1 Å². The lowest BCUT2D eigenvalue weighted by atomic mass is 9.95. The fourth-order valence-corrected chi connectivity index (χ4v) is 3.60. The highest BCUT2D eigenvalue weighted by Crippen LogP contribution is 2.40. The van der Waals surface area contributed by atoms with Gasteiger partial charge in [0.2, 0.25) is 0 Å². The highest BCUT2D eigenvalue weighted by molar-refractivity contribution is 6.46. The highest BCUT2D eigenvalue weighted by Gasteiger charge is 2.45. The summed E-state index contributed by atoms with van der Waals surface area (Å²) < 4.78 is 10.7. The number of amides is 1. The van der Waals surface area contributed by atoms with Crippen LogP contribution in [0.15, 0.2) is 54.1 Å². The van der Waals surface area contributed by atoms with Gasteiger partial charge in [0.15, 0.2) is 0 Å². The van der Waals surface area contributed by atoms with Crippen LogP contribution in [-0.2, 0) is 9.59 Å². The van der Waals surface area contributed by atoms with Crippen LogP contribution in [0, 0.1) is 0 Å². The zero-order valence-corrected chi connectivity index (χ0v) is 18.3. The molecule has 0 aromatic heterocycles. The molecule has 1 aliphatic rings. The molecule has 7 heteroatoms. The molecule has 0 bridgehead atoms. The third-order valence-corrected chi connectivity index (χ3v) is 5.18. The fourth-order valence-electron chi connectivity index (χ4n) is 3.60. The number of aliphatic hydroxyl groups is 1. The largest absolute Gasteiger partial charge is 0.507 e. The second kappa shape index (κ2) is 9.66. The lowest BCUT2D eigenvalue weighted by Gasteiger charge is -2.26. The number of hydrogen-bond donors (Lipinski definition) is 1. The first-order valence-corrected chi connectivity index (χ1v) is 10.2. The van der Waals surface area contributed by atoms with Gasteiger partial charge in [-0.1, -0.05) is 24.3 Å². The molecule has 1 fully saturated rings. The van der Waals surface area contributed by atoms with E-state index in [2.05, 4.69) is 0 Å². The number of hydrogen-bond acceptors (Lipinski definition) is 6. The van der Waals surface area contributed by atoms with E-state index in [0.29, 0.717) is 36.8 Å². The predicted molar refractivity (Wildman–Crippen MR) is 118 cm³/mol. The van der Waals surface area contributed by atoms with Crippen LogP contribution in [0.3, 0.4) is 0 Å². The average molecular weight is 424 g/mol. The summed E-state index contributed by atoms with van der Waals surface area (Å²) in [5, 5.41) is 11.1. The van der Waals surface area contributed by atoms with Crippen molar-refractivity contribution in [1.82, 2.24) is 9.80 Å². The van der Waals surface area contributed by atoms with Gasteiger partial charge in [0.05, 0.1) is 25.3 Å². The van der Waals surface area contributed by atoms with Crippen LogP contribution in [0.5, 0.6) is 11.5 Å². The van der Waals surface area contributed by atoms with Crippen LogP contribution in [0.4, 0.5) is 0 Å². The van der Waals surface area contributed by atoms with Crippen LogP contribution in [0.2, 0.25) is 0 Å². The number of likely N-dealkylation sites (N-methyl/N-ethyl adjacent to an activating group) is 1. The van der Waals surface area contributed by atoms with Crippen molar-refractivity contribution >= 4 is 17.4 Å². The zero-order chi connectivity index (χ0) is 22.5. The van der Waals surface area contributed by atoms with E-state index in [9.17, 15) is 14.7 Å². The van der Waals surface area contributed by atoms with Crippen molar-refractivity contribution < 1.29 is 24.2 Å². The van der Waals surface area contributed by atoms with Gasteiger partial charge in [-0.15, -0.1) is 0 Å². The number of methoxy groups -OCH3 is 1. The number of ether oxygens (including phenoxy) is 2. The summed E-state index contributed by atoms with van der Waals surface area (Å²) in [4.78, 5) is 29.4. The van der Waals surface area contributed by atoms with Crippen LogP contribution in [-0.4, -0.2) is 67.5 Å². The molecule has 0 radical (unpaired) electrons. The first-order chi connectivity index (χ1) is 14.9. The molecule has 31 heavy (non-hydrogen) atoms. The predicted octanol–water partition coefficient (Wildman–Crippen LogP) is 3.08. The Hall–Kier alpha value is -3.32. The number of Topliss-reactive ketones (excluding diaryl/α,β-unsaturated/α-hetero) is 1. The van der Waals surface area contributed by atoms with Gasteiger partial charge < -0.3 is 24.4 Å². The summed E-state index contributed by atoms with van der Waals surface area (Å²) in [6.07, 6.45) is 0. The molecular weight excluding hydrogens is 396 g/mol. The summed E-state index contributed by atoms with van der Waals surface area (Å²) >= 11 is 0. The van der Waals surface area contributed by atoms with Gasteiger partial charge in [-0.3, -0.25) is 9.59 Å². The standard InChI is InChI=1S/C24H28N2O5/c1-5-31-18-11-9-16(10-12-18)21-20(22(27)17-7-6-8-19(15-17)30-4)23(28)24(29)26(21)14-13-25(2)3/h6-12,15,21,27H,5,13-14H2,1-4H3. The Morgan fingerprint density at radius 2 is 1.81 bits per heavy atom. The topological polar surface area (TPSA) is 79.3 Å². The van der Waals surface area contributed by atoms with Crippen molar-refractivity contribution in [2.75, 3.05) is 40.9 Å². The molecule has 1 unspecified atom stereocenters. The van der Waals surface area contributed by atoms with E-state index >= 15 is 0 Å². The van der Waals surface area contributed by atoms with Crippen molar-refractivity contribution in [3.8, 4) is 11.5 Å².